The van der Waals surface area contributed by atoms with Crippen LogP contribution in [0.4, 0.5) is 5.69 Å². The van der Waals surface area contributed by atoms with Crippen molar-refractivity contribution in [2.45, 2.75) is 78.8 Å². The molecule has 4 rings (SSSR count). The summed E-state index contributed by atoms with van der Waals surface area (Å²) < 4.78 is 5.71. The number of fused-ring (bicyclic) bond motifs is 1. The number of nitrogens with zero attached hydrogens (tertiary/aromatic N) is 2. The molecule has 0 spiro atoms. The van der Waals surface area contributed by atoms with E-state index < -0.39 is 11.9 Å². The lowest BCUT2D eigenvalue weighted by Crippen LogP contribution is -2.45. The van der Waals surface area contributed by atoms with E-state index in [0.717, 1.165) is 47.4 Å². The Balaban J connectivity index is 1.69. The molecule has 1 fully saturated rings. The second kappa shape index (κ2) is 13.2. The van der Waals surface area contributed by atoms with Crippen LogP contribution in [0, 0.1) is 11.3 Å². The minimum Gasteiger partial charge on any atom is -0.493 e. The van der Waals surface area contributed by atoms with Crippen molar-refractivity contribution in [1.29, 1.82) is 0 Å². The minimum absolute atomic E-state index is 0.00946. The monoisotopic (exact) mass is 561 g/mol. The normalized spacial score (nSPS) is 20.4. The van der Waals surface area contributed by atoms with Crippen LogP contribution < -0.4 is 15.4 Å². The van der Waals surface area contributed by atoms with Gasteiger partial charge in [0, 0.05) is 43.7 Å². The first-order chi connectivity index (χ1) is 19.5. The fraction of sp³-hybridized carbons (Fsp3) is 0.529. The van der Waals surface area contributed by atoms with Crippen molar-refractivity contribution in [2.24, 2.45) is 17.1 Å². The predicted octanol–water partition coefficient (Wildman–Crippen LogP) is 5.76. The molecule has 2 heterocycles. The standard InChI is InChI=1S/C34H47N3O4/c1-6-7-14-37(27-10-8-9-24(16-27)20-35)31(38)22-36-21-28(25-11-12-30-26(17-25)13-15-41-30)32(33(39)40)29(36)19-34(4,5)18-23(2)3/h8-12,16-18,28-29,32H,6-7,13-15,19-22,35H2,1-5H3,(H,39,40). The van der Waals surface area contributed by atoms with Gasteiger partial charge >= 0.3 is 5.97 Å². The van der Waals surface area contributed by atoms with Crippen LogP contribution in [0.25, 0.3) is 0 Å². The van der Waals surface area contributed by atoms with Crippen LogP contribution in [0.2, 0.25) is 0 Å². The van der Waals surface area contributed by atoms with Crippen LogP contribution in [-0.2, 0) is 22.6 Å². The topological polar surface area (TPSA) is 96.1 Å². The molecule has 1 amide bonds. The van der Waals surface area contributed by atoms with Gasteiger partial charge in [-0.3, -0.25) is 14.5 Å². The molecule has 2 aromatic carbocycles. The van der Waals surface area contributed by atoms with E-state index in [4.69, 9.17) is 10.5 Å². The number of nitrogens with two attached hydrogens (primary N) is 1. The van der Waals surface area contributed by atoms with Gasteiger partial charge in [-0.25, -0.2) is 0 Å². The van der Waals surface area contributed by atoms with Gasteiger partial charge in [0.25, 0.3) is 0 Å². The molecule has 3 N–H and O–H groups in total. The molecule has 1 saturated heterocycles. The number of amides is 1. The van der Waals surface area contributed by atoms with Gasteiger partial charge in [-0.2, -0.15) is 0 Å². The number of carbonyl (C=O) groups is 2. The average Bonchev–Trinajstić information content (AvgIpc) is 3.52. The second-order valence-electron chi connectivity index (χ2n) is 12.6. The summed E-state index contributed by atoms with van der Waals surface area (Å²) in [7, 11) is 0. The maximum atomic E-state index is 14.0. The highest BCUT2D eigenvalue weighted by molar-refractivity contribution is 5.95. The number of ether oxygens (including phenoxy) is 1. The maximum Gasteiger partial charge on any atom is 0.308 e. The fourth-order valence-corrected chi connectivity index (χ4v) is 6.73. The van der Waals surface area contributed by atoms with Gasteiger partial charge in [-0.1, -0.05) is 63.1 Å². The molecule has 7 nitrogen and oxygen atoms in total. The summed E-state index contributed by atoms with van der Waals surface area (Å²) >= 11 is 0. The first-order valence-corrected chi connectivity index (χ1v) is 15.0. The zero-order valence-electron chi connectivity index (χ0n) is 25.4. The molecule has 3 unspecified atom stereocenters. The zero-order chi connectivity index (χ0) is 29.7. The molecule has 222 valence electrons. The van der Waals surface area contributed by atoms with Crippen molar-refractivity contribution in [3.05, 3.63) is 70.8 Å². The highest BCUT2D eigenvalue weighted by Gasteiger charge is 2.48. The highest BCUT2D eigenvalue weighted by Crippen LogP contribution is 2.44. The molecular formula is C34H47N3O4. The lowest BCUT2D eigenvalue weighted by atomic mass is 9.77. The number of hydrogen-bond acceptors (Lipinski definition) is 5. The SMILES string of the molecule is CCCCN(C(=O)CN1CC(c2ccc3c(c2)CCO3)C(C(=O)O)C1CC(C)(C)C=C(C)C)c1cccc(CN)c1. The van der Waals surface area contributed by atoms with E-state index >= 15 is 0 Å². The number of aliphatic carboxylic acids is 1. The first kappa shape index (κ1) is 30.8. The van der Waals surface area contributed by atoms with Crippen LogP contribution in [-0.4, -0.2) is 54.2 Å². The van der Waals surface area contributed by atoms with E-state index in [0.29, 0.717) is 32.7 Å². The summed E-state index contributed by atoms with van der Waals surface area (Å²) in [5, 5.41) is 10.6. The summed E-state index contributed by atoms with van der Waals surface area (Å²) in [5.74, 6) is -0.776. The number of allylic oxidation sites excluding steroid dienone is 2. The molecule has 2 aliphatic rings. The van der Waals surface area contributed by atoms with Crippen LogP contribution >= 0.6 is 0 Å². The molecule has 0 aromatic heterocycles. The van der Waals surface area contributed by atoms with Gasteiger partial charge in [-0.05, 0) is 67.0 Å². The maximum absolute atomic E-state index is 14.0. The molecule has 41 heavy (non-hydrogen) atoms. The molecule has 0 aliphatic carbocycles. The summed E-state index contributed by atoms with van der Waals surface area (Å²) in [4.78, 5) is 31.0. The summed E-state index contributed by atoms with van der Waals surface area (Å²) in [6.07, 6.45) is 5.55. The number of benzene rings is 2. The third-order valence-corrected chi connectivity index (χ3v) is 8.42. The number of hydrogen-bond donors (Lipinski definition) is 2. The van der Waals surface area contributed by atoms with Gasteiger partial charge in [0.05, 0.1) is 19.1 Å². The molecule has 0 radical (unpaired) electrons. The van der Waals surface area contributed by atoms with Gasteiger partial charge in [0.2, 0.25) is 5.91 Å². The average molecular weight is 562 g/mol. The van der Waals surface area contributed by atoms with Gasteiger partial charge in [0.15, 0.2) is 0 Å². The Bertz CT molecular complexity index is 1270. The Morgan fingerprint density at radius 3 is 2.66 bits per heavy atom. The highest BCUT2D eigenvalue weighted by atomic mass is 16.5. The molecule has 2 aromatic rings. The summed E-state index contributed by atoms with van der Waals surface area (Å²) in [6.45, 7) is 12.9. The van der Waals surface area contributed by atoms with Crippen molar-refractivity contribution in [2.75, 3.05) is 31.1 Å². The third-order valence-electron chi connectivity index (χ3n) is 8.42. The van der Waals surface area contributed by atoms with E-state index in [2.05, 4.69) is 51.7 Å². The van der Waals surface area contributed by atoms with Crippen LogP contribution in [0.1, 0.15) is 76.5 Å². The number of rotatable bonds is 12. The minimum atomic E-state index is -0.807. The van der Waals surface area contributed by atoms with E-state index in [-0.39, 0.29) is 29.8 Å². The van der Waals surface area contributed by atoms with E-state index in [1.54, 1.807) is 0 Å². The number of carboxylic acids is 1. The Kier molecular flexibility index (Phi) is 9.92. The largest absolute Gasteiger partial charge is 0.493 e. The fourth-order valence-electron chi connectivity index (χ4n) is 6.73. The molecule has 3 atom stereocenters. The van der Waals surface area contributed by atoms with Crippen molar-refractivity contribution < 1.29 is 19.4 Å². The first-order valence-electron chi connectivity index (χ1n) is 15.0. The predicted molar refractivity (Wildman–Crippen MR) is 164 cm³/mol. The lowest BCUT2D eigenvalue weighted by Gasteiger charge is -2.34. The summed E-state index contributed by atoms with van der Waals surface area (Å²) in [6, 6.07) is 13.7. The number of unbranched alkanes of at least 4 members (excludes halogenated alkanes) is 1. The van der Waals surface area contributed by atoms with Gasteiger partial charge in [-0.15, -0.1) is 0 Å². The van der Waals surface area contributed by atoms with Gasteiger partial charge in [0.1, 0.15) is 5.75 Å². The molecule has 2 aliphatic heterocycles. The molecule has 0 bridgehead atoms. The Hall–Kier alpha value is -3.16. The number of carbonyl (C=O) groups excluding carboxylic acids is 1. The van der Waals surface area contributed by atoms with E-state index in [9.17, 15) is 14.7 Å². The second-order valence-corrected chi connectivity index (χ2v) is 12.6. The quantitative estimate of drug-likeness (QED) is 0.320. The Morgan fingerprint density at radius 1 is 1.20 bits per heavy atom. The lowest BCUT2D eigenvalue weighted by molar-refractivity contribution is -0.143. The van der Waals surface area contributed by atoms with E-state index in [1.165, 1.54) is 5.57 Å². The van der Waals surface area contributed by atoms with Gasteiger partial charge < -0.3 is 20.5 Å². The van der Waals surface area contributed by atoms with Crippen molar-refractivity contribution >= 4 is 17.6 Å². The number of anilines is 1. The molecular weight excluding hydrogens is 514 g/mol. The van der Waals surface area contributed by atoms with Crippen molar-refractivity contribution in [3.63, 3.8) is 0 Å². The zero-order valence-corrected chi connectivity index (χ0v) is 25.4. The van der Waals surface area contributed by atoms with Crippen LogP contribution in [0.5, 0.6) is 5.75 Å². The van der Waals surface area contributed by atoms with E-state index in [1.807, 2.05) is 41.3 Å². The van der Waals surface area contributed by atoms with Crippen LogP contribution in [0.15, 0.2) is 54.1 Å². The number of carboxylic acid groups (broad SMARTS) is 1. The summed E-state index contributed by atoms with van der Waals surface area (Å²) in [5.41, 5.74) is 10.8. The molecule has 7 heteroatoms. The Morgan fingerprint density at radius 2 is 1.98 bits per heavy atom. The number of likely N-dealkylation sites (tertiary alicyclic amines) is 1. The van der Waals surface area contributed by atoms with Crippen LogP contribution in [0.3, 0.4) is 0 Å². The van der Waals surface area contributed by atoms with Crippen molar-refractivity contribution in [3.8, 4) is 5.75 Å². The van der Waals surface area contributed by atoms with Crippen molar-refractivity contribution in [1.82, 2.24) is 4.90 Å². The molecule has 0 saturated carbocycles. The third kappa shape index (κ3) is 7.38. The smallest absolute Gasteiger partial charge is 0.308 e. The Labute approximate surface area is 245 Å².